The molecule has 0 aliphatic carbocycles. The van der Waals surface area contributed by atoms with Gasteiger partial charge in [-0.1, -0.05) is 0 Å². The van der Waals surface area contributed by atoms with Crippen LogP contribution in [0.25, 0.3) is 16.7 Å². The molecule has 5 rings (SSSR count). The van der Waals surface area contributed by atoms with E-state index in [1.54, 1.807) is 18.9 Å². The van der Waals surface area contributed by atoms with E-state index in [4.69, 9.17) is 19.2 Å². The largest absolute Gasteiger partial charge is 0.497 e. The third-order valence-electron chi connectivity index (χ3n) is 7.09. The molecule has 1 amide bonds. The van der Waals surface area contributed by atoms with Gasteiger partial charge >= 0.3 is 0 Å². The number of benzene rings is 3. The van der Waals surface area contributed by atoms with Crippen LogP contribution in [0.2, 0.25) is 0 Å². The Bertz CT molecular complexity index is 1500. The summed E-state index contributed by atoms with van der Waals surface area (Å²) in [5.74, 6) is 2.16. The van der Waals surface area contributed by atoms with Crippen LogP contribution in [0.3, 0.4) is 0 Å². The molecule has 210 valence electrons. The molecular weight excluding hydrogens is 524 g/mol. The van der Waals surface area contributed by atoms with E-state index in [1.807, 2.05) is 79.5 Å². The standard InChI is InChI=1S/C31H36N4O4S/c1-5-32-31(36)25-11-9-21(14-20(25)2)35-19-34-30-26(33-18-23-8-6-7-13-38-23)15-24(16-27(30)35)39-28-12-10-22(37-3)17-29(28)40-4/h9-12,14-17,19,23,33H,5-8,13,18H2,1-4H3,(H,32,36). The number of imidazole rings is 1. The number of anilines is 1. The summed E-state index contributed by atoms with van der Waals surface area (Å²) in [5, 5.41) is 6.47. The van der Waals surface area contributed by atoms with Crippen molar-refractivity contribution in [3.8, 4) is 22.9 Å². The fourth-order valence-electron chi connectivity index (χ4n) is 4.98. The highest BCUT2D eigenvalue weighted by atomic mass is 32.2. The number of aryl methyl sites for hydroxylation is 1. The predicted octanol–water partition coefficient (Wildman–Crippen LogP) is 6.59. The number of methoxy groups -OCH3 is 1. The topological polar surface area (TPSA) is 86.6 Å². The first-order valence-electron chi connectivity index (χ1n) is 13.7. The minimum atomic E-state index is -0.0711. The van der Waals surface area contributed by atoms with Gasteiger partial charge in [0.05, 0.1) is 29.3 Å². The van der Waals surface area contributed by atoms with Crippen molar-refractivity contribution in [1.82, 2.24) is 14.9 Å². The summed E-state index contributed by atoms with van der Waals surface area (Å²) >= 11 is 1.60. The molecule has 1 saturated heterocycles. The molecule has 2 N–H and O–H groups in total. The molecular formula is C31H36N4O4S. The van der Waals surface area contributed by atoms with E-state index in [0.717, 1.165) is 63.8 Å². The van der Waals surface area contributed by atoms with Gasteiger partial charge in [-0.3, -0.25) is 9.36 Å². The average Bonchev–Trinajstić information content (AvgIpc) is 3.41. The lowest BCUT2D eigenvalue weighted by molar-refractivity contribution is 0.0248. The van der Waals surface area contributed by atoms with Crippen molar-refractivity contribution in [3.63, 3.8) is 0 Å². The number of nitrogens with zero attached hydrogens (tertiary/aromatic N) is 2. The summed E-state index contributed by atoms with van der Waals surface area (Å²) < 4.78 is 19.9. The number of amides is 1. The van der Waals surface area contributed by atoms with Crippen LogP contribution in [0.1, 0.15) is 42.1 Å². The summed E-state index contributed by atoms with van der Waals surface area (Å²) in [6, 6.07) is 15.6. The smallest absolute Gasteiger partial charge is 0.251 e. The quantitative estimate of drug-likeness (QED) is 0.212. The molecule has 3 aromatic carbocycles. The summed E-state index contributed by atoms with van der Waals surface area (Å²) in [7, 11) is 1.66. The van der Waals surface area contributed by atoms with Gasteiger partial charge in [-0.2, -0.15) is 0 Å². The Morgan fingerprint density at radius 3 is 2.75 bits per heavy atom. The molecule has 1 aliphatic rings. The second kappa shape index (κ2) is 12.7. The first-order chi connectivity index (χ1) is 19.5. The molecule has 1 fully saturated rings. The lowest BCUT2D eigenvalue weighted by atomic mass is 10.1. The highest BCUT2D eigenvalue weighted by Gasteiger charge is 2.18. The molecule has 8 nitrogen and oxygen atoms in total. The summed E-state index contributed by atoms with van der Waals surface area (Å²) in [4.78, 5) is 18.2. The number of nitrogens with one attached hydrogen (secondary N) is 2. The molecule has 2 heterocycles. The molecule has 0 radical (unpaired) electrons. The molecule has 4 aromatic rings. The molecule has 1 aliphatic heterocycles. The number of rotatable bonds is 10. The number of ether oxygens (including phenoxy) is 3. The molecule has 0 saturated carbocycles. The van der Waals surface area contributed by atoms with E-state index < -0.39 is 0 Å². The highest BCUT2D eigenvalue weighted by Crippen LogP contribution is 2.38. The van der Waals surface area contributed by atoms with Gasteiger partial charge in [-0.25, -0.2) is 4.98 Å². The summed E-state index contributed by atoms with van der Waals surface area (Å²) in [6.45, 7) is 5.96. The number of hydrogen-bond donors (Lipinski definition) is 2. The van der Waals surface area contributed by atoms with Gasteiger partial charge in [-0.05, 0) is 81.3 Å². The first kappa shape index (κ1) is 27.9. The van der Waals surface area contributed by atoms with Gasteiger partial charge < -0.3 is 24.8 Å². The van der Waals surface area contributed by atoms with E-state index in [-0.39, 0.29) is 12.0 Å². The highest BCUT2D eigenvalue weighted by molar-refractivity contribution is 7.98. The van der Waals surface area contributed by atoms with Crippen molar-refractivity contribution in [3.05, 3.63) is 66.0 Å². The van der Waals surface area contributed by atoms with Crippen molar-refractivity contribution in [2.24, 2.45) is 0 Å². The normalized spacial score (nSPS) is 15.2. The third kappa shape index (κ3) is 6.05. The Labute approximate surface area is 239 Å². The Kier molecular flexibility index (Phi) is 8.81. The Morgan fingerprint density at radius 1 is 1.15 bits per heavy atom. The number of carbonyl (C=O) groups excluding carboxylic acids is 1. The van der Waals surface area contributed by atoms with E-state index in [9.17, 15) is 4.79 Å². The van der Waals surface area contributed by atoms with Crippen molar-refractivity contribution in [2.45, 2.75) is 44.1 Å². The van der Waals surface area contributed by atoms with E-state index in [2.05, 4.69) is 10.6 Å². The van der Waals surface area contributed by atoms with Crippen LogP contribution >= 0.6 is 11.8 Å². The molecule has 1 aromatic heterocycles. The Hall–Kier alpha value is -3.69. The van der Waals surface area contributed by atoms with Crippen LogP contribution in [-0.2, 0) is 4.74 Å². The number of aromatic nitrogens is 2. The van der Waals surface area contributed by atoms with Gasteiger partial charge in [0.25, 0.3) is 5.91 Å². The number of thioether (sulfide) groups is 1. The summed E-state index contributed by atoms with van der Waals surface area (Å²) in [6.07, 6.45) is 7.35. The van der Waals surface area contributed by atoms with Gasteiger partial charge in [0, 0.05) is 43.1 Å². The first-order valence-corrected chi connectivity index (χ1v) is 14.9. The maximum absolute atomic E-state index is 12.5. The molecule has 0 bridgehead atoms. The Morgan fingerprint density at radius 2 is 2.02 bits per heavy atom. The zero-order valence-corrected chi connectivity index (χ0v) is 24.3. The molecule has 0 spiro atoms. The fourth-order valence-corrected chi connectivity index (χ4v) is 5.52. The van der Waals surface area contributed by atoms with E-state index in [1.165, 1.54) is 6.42 Å². The number of hydrogen-bond acceptors (Lipinski definition) is 7. The minimum absolute atomic E-state index is 0.0711. The van der Waals surface area contributed by atoms with Crippen molar-refractivity contribution >= 4 is 34.4 Å². The van der Waals surface area contributed by atoms with E-state index >= 15 is 0 Å². The maximum Gasteiger partial charge on any atom is 0.251 e. The van der Waals surface area contributed by atoms with Crippen molar-refractivity contribution < 1.29 is 19.0 Å². The summed E-state index contributed by atoms with van der Waals surface area (Å²) in [5.41, 5.74) is 5.10. The van der Waals surface area contributed by atoms with Gasteiger partial charge in [0.15, 0.2) is 0 Å². The van der Waals surface area contributed by atoms with Crippen molar-refractivity contribution in [2.75, 3.05) is 38.4 Å². The van der Waals surface area contributed by atoms with Gasteiger partial charge in [0.1, 0.15) is 29.1 Å². The van der Waals surface area contributed by atoms with Crippen LogP contribution in [0.4, 0.5) is 5.69 Å². The molecule has 1 unspecified atom stereocenters. The van der Waals surface area contributed by atoms with Crippen LogP contribution in [0.15, 0.2) is 59.8 Å². The van der Waals surface area contributed by atoms with E-state index in [0.29, 0.717) is 24.4 Å². The second-order valence-electron chi connectivity index (χ2n) is 9.80. The predicted molar refractivity (Wildman–Crippen MR) is 161 cm³/mol. The van der Waals surface area contributed by atoms with Gasteiger partial charge in [0.2, 0.25) is 0 Å². The number of fused-ring (bicyclic) bond motifs is 1. The fraction of sp³-hybridized carbons (Fsp3) is 0.355. The molecule has 1 atom stereocenters. The van der Waals surface area contributed by atoms with Crippen LogP contribution < -0.4 is 20.1 Å². The SMILES string of the molecule is CCNC(=O)c1ccc(-n2cnc3c(NCC4CCCCO4)cc(Oc4ccc(OC)cc4SC)cc32)cc1C. The van der Waals surface area contributed by atoms with Crippen LogP contribution in [-0.4, -0.2) is 54.6 Å². The Balaban J connectivity index is 1.54. The zero-order valence-electron chi connectivity index (χ0n) is 23.5. The molecule has 9 heteroatoms. The maximum atomic E-state index is 12.5. The average molecular weight is 561 g/mol. The lowest BCUT2D eigenvalue weighted by Crippen LogP contribution is -2.27. The lowest BCUT2D eigenvalue weighted by Gasteiger charge is -2.23. The van der Waals surface area contributed by atoms with Crippen LogP contribution in [0, 0.1) is 6.92 Å². The third-order valence-corrected chi connectivity index (χ3v) is 7.85. The van der Waals surface area contributed by atoms with Crippen LogP contribution in [0.5, 0.6) is 17.2 Å². The number of carbonyl (C=O) groups is 1. The second-order valence-corrected chi connectivity index (χ2v) is 10.6. The van der Waals surface area contributed by atoms with Crippen molar-refractivity contribution in [1.29, 1.82) is 0 Å². The monoisotopic (exact) mass is 560 g/mol. The minimum Gasteiger partial charge on any atom is -0.497 e. The zero-order chi connectivity index (χ0) is 28.1. The molecule has 40 heavy (non-hydrogen) atoms. The van der Waals surface area contributed by atoms with Gasteiger partial charge in [-0.15, -0.1) is 11.8 Å².